The third kappa shape index (κ3) is 4.34. The van der Waals surface area contributed by atoms with Gasteiger partial charge in [0.1, 0.15) is 17.5 Å². The topological polar surface area (TPSA) is 73.1 Å². The number of hydrogen-bond donors (Lipinski definition) is 2. The van der Waals surface area contributed by atoms with E-state index in [2.05, 4.69) is 36.2 Å². The van der Waals surface area contributed by atoms with Crippen molar-refractivity contribution < 1.29 is 4.74 Å². The zero-order valence-corrected chi connectivity index (χ0v) is 10.9. The molecule has 16 heavy (non-hydrogen) atoms. The minimum atomic E-state index is 0.102. The average molecular weight is 242 g/mol. The molecule has 0 aliphatic carbocycles. The lowest BCUT2D eigenvalue weighted by Crippen LogP contribution is -2.13. The zero-order chi connectivity index (χ0) is 12.2. The van der Waals surface area contributed by atoms with Gasteiger partial charge in [0, 0.05) is 17.9 Å². The molecule has 0 amide bonds. The summed E-state index contributed by atoms with van der Waals surface area (Å²) in [4.78, 5) is 8.57. The van der Waals surface area contributed by atoms with E-state index in [0.29, 0.717) is 18.2 Å². The Labute approximate surface area is 100 Å². The predicted molar refractivity (Wildman–Crippen MR) is 66.2 cm³/mol. The van der Waals surface area contributed by atoms with Crippen molar-refractivity contribution in [3.05, 3.63) is 11.9 Å². The summed E-state index contributed by atoms with van der Waals surface area (Å²) in [6.45, 7) is 6.77. The Morgan fingerprint density at radius 2 is 2.12 bits per heavy atom. The van der Waals surface area contributed by atoms with E-state index >= 15 is 0 Å². The molecule has 0 aromatic carbocycles. The highest BCUT2D eigenvalue weighted by Gasteiger charge is 2.14. The Morgan fingerprint density at radius 3 is 2.62 bits per heavy atom. The first-order valence-electron chi connectivity index (χ1n) is 4.97. The van der Waals surface area contributed by atoms with Crippen LogP contribution in [0.25, 0.3) is 0 Å². The van der Waals surface area contributed by atoms with Crippen LogP contribution >= 0.6 is 11.8 Å². The first-order valence-corrected chi connectivity index (χ1v) is 5.79. The highest BCUT2D eigenvalue weighted by Crippen LogP contribution is 2.31. The van der Waals surface area contributed by atoms with Crippen molar-refractivity contribution in [3.63, 3.8) is 0 Å². The lowest BCUT2D eigenvalue weighted by Gasteiger charge is -2.17. The summed E-state index contributed by atoms with van der Waals surface area (Å²) in [5.74, 6) is 6.59. The monoisotopic (exact) mass is 242 g/mol. The van der Waals surface area contributed by atoms with Gasteiger partial charge in [0.05, 0.1) is 0 Å². The van der Waals surface area contributed by atoms with Crippen LogP contribution in [0.3, 0.4) is 0 Å². The second-order valence-electron chi connectivity index (χ2n) is 4.30. The minimum Gasteiger partial charge on any atom is -0.377 e. The molecule has 1 aromatic heterocycles. The number of rotatable bonds is 4. The van der Waals surface area contributed by atoms with Gasteiger partial charge in [-0.05, 0) is 0 Å². The van der Waals surface area contributed by atoms with Gasteiger partial charge in [-0.25, -0.2) is 15.8 Å². The standard InChI is InChI=1S/C10H18N4OS/c1-10(2,3)16-9-5-7(14-11)12-8(13-9)6-15-4/h5H,6,11H2,1-4H3,(H,12,13,14). The van der Waals surface area contributed by atoms with E-state index in [-0.39, 0.29) is 4.75 Å². The van der Waals surface area contributed by atoms with Gasteiger partial charge in [0.2, 0.25) is 0 Å². The Hall–Kier alpha value is -0.850. The Bertz CT molecular complexity index is 351. The van der Waals surface area contributed by atoms with E-state index in [9.17, 15) is 0 Å². The van der Waals surface area contributed by atoms with Crippen LogP contribution in [0.2, 0.25) is 0 Å². The molecule has 3 N–H and O–H groups in total. The number of nitrogens with one attached hydrogen (secondary N) is 1. The maximum atomic E-state index is 5.36. The molecule has 0 atom stereocenters. The maximum Gasteiger partial charge on any atom is 0.157 e. The van der Waals surface area contributed by atoms with Crippen LogP contribution in [0.4, 0.5) is 5.82 Å². The molecule has 1 rings (SSSR count). The van der Waals surface area contributed by atoms with Gasteiger partial charge < -0.3 is 10.2 Å². The lowest BCUT2D eigenvalue weighted by molar-refractivity contribution is 0.177. The van der Waals surface area contributed by atoms with Crippen LogP contribution in [0.15, 0.2) is 11.1 Å². The number of nitrogen functional groups attached to an aromatic ring is 1. The van der Waals surface area contributed by atoms with Gasteiger partial charge in [-0.1, -0.05) is 20.8 Å². The van der Waals surface area contributed by atoms with E-state index in [1.54, 1.807) is 18.9 Å². The molecule has 0 aliphatic heterocycles. The number of hydrazine groups is 1. The number of hydrogen-bond acceptors (Lipinski definition) is 6. The molecule has 0 unspecified atom stereocenters. The first kappa shape index (κ1) is 13.2. The van der Waals surface area contributed by atoms with Crippen molar-refractivity contribution in [2.45, 2.75) is 37.2 Å². The quantitative estimate of drug-likeness (QED) is 0.363. The molecule has 0 radical (unpaired) electrons. The molecule has 0 bridgehead atoms. The molecule has 1 heterocycles. The lowest BCUT2D eigenvalue weighted by atomic mass is 10.3. The molecule has 0 saturated carbocycles. The molecule has 0 spiro atoms. The molecule has 0 saturated heterocycles. The number of anilines is 1. The smallest absolute Gasteiger partial charge is 0.157 e. The summed E-state index contributed by atoms with van der Waals surface area (Å²) in [7, 11) is 1.61. The maximum absolute atomic E-state index is 5.36. The number of nitrogens with two attached hydrogens (primary N) is 1. The fourth-order valence-electron chi connectivity index (χ4n) is 1.11. The van der Waals surface area contributed by atoms with Crippen molar-refractivity contribution in [1.29, 1.82) is 0 Å². The summed E-state index contributed by atoms with van der Waals surface area (Å²) in [6, 6.07) is 1.83. The zero-order valence-electron chi connectivity index (χ0n) is 10.1. The van der Waals surface area contributed by atoms with Crippen molar-refractivity contribution >= 4 is 17.6 Å². The van der Waals surface area contributed by atoms with E-state index < -0.39 is 0 Å². The molecule has 0 aliphatic rings. The van der Waals surface area contributed by atoms with Gasteiger partial charge in [0.15, 0.2) is 5.82 Å². The molecule has 0 fully saturated rings. The van der Waals surface area contributed by atoms with Gasteiger partial charge >= 0.3 is 0 Å². The molecule has 5 nitrogen and oxygen atoms in total. The Kier molecular flexibility index (Phi) is 4.52. The van der Waals surface area contributed by atoms with Crippen LogP contribution in [0.1, 0.15) is 26.6 Å². The summed E-state index contributed by atoms with van der Waals surface area (Å²) < 4.78 is 5.11. The van der Waals surface area contributed by atoms with Gasteiger partial charge in [-0.3, -0.25) is 0 Å². The molecule has 6 heteroatoms. The fraction of sp³-hybridized carbons (Fsp3) is 0.600. The summed E-state index contributed by atoms with van der Waals surface area (Å²) >= 11 is 1.67. The minimum absolute atomic E-state index is 0.102. The van der Waals surface area contributed by atoms with Crippen LogP contribution < -0.4 is 11.3 Å². The van der Waals surface area contributed by atoms with Crippen molar-refractivity contribution in [2.75, 3.05) is 12.5 Å². The number of nitrogens with zero attached hydrogens (tertiary/aromatic N) is 2. The summed E-state index contributed by atoms with van der Waals surface area (Å²) in [6.07, 6.45) is 0. The number of ether oxygens (including phenoxy) is 1. The average Bonchev–Trinajstić information content (AvgIpc) is 2.15. The van der Waals surface area contributed by atoms with Gasteiger partial charge in [0.25, 0.3) is 0 Å². The molecular weight excluding hydrogens is 224 g/mol. The normalized spacial score (nSPS) is 11.6. The SMILES string of the molecule is COCc1nc(NN)cc(SC(C)(C)C)n1. The van der Waals surface area contributed by atoms with Crippen LogP contribution in [-0.2, 0) is 11.3 Å². The van der Waals surface area contributed by atoms with Gasteiger partial charge in [-0.15, -0.1) is 11.8 Å². The number of thioether (sulfide) groups is 1. The highest BCUT2D eigenvalue weighted by molar-refractivity contribution is 8.00. The highest BCUT2D eigenvalue weighted by atomic mass is 32.2. The van der Waals surface area contributed by atoms with Crippen LogP contribution in [0, 0.1) is 0 Å². The van der Waals surface area contributed by atoms with Crippen molar-refractivity contribution in [2.24, 2.45) is 5.84 Å². The Morgan fingerprint density at radius 1 is 1.44 bits per heavy atom. The fourth-order valence-corrected chi connectivity index (χ4v) is 2.06. The summed E-state index contributed by atoms with van der Waals surface area (Å²) in [5, 5.41) is 0.891. The van der Waals surface area contributed by atoms with E-state index in [1.165, 1.54) is 0 Å². The third-order valence-electron chi connectivity index (χ3n) is 1.58. The van der Waals surface area contributed by atoms with E-state index in [1.807, 2.05) is 6.07 Å². The van der Waals surface area contributed by atoms with Crippen LogP contribution in [0.5, 0.6) is 0 Å². The van der Waals surface area contributed by atoms with E-state index in [4.69, 9.17) is 10.6 Å². The first-order chi connectivity index (χ1) is 7.44. The predicted octanol–water partition coefficient (Wildman–Crippen LogP) is 1.80. The van der Waals surface area contributed by atoms with Crippen LogP contribution in [-0.4, -0.2) is 21.8 Å². The Balaban J connectivity index is 2.95. The number of aromatic nitrogens is 2. The largest absolute Gasteiger partial charge is 0.377 e. The molecule has 90 valence electrons. The second kappa shape index (κ2) is 5.47. The van der Waals surface area contributed by atoms with Gasteiger partial charge in [-0.2, -0.15) is 0 Å². The van der Waals surface area contributed by atoms with E-state index in [0.717, 1.165) is 5.03 Å². The van der Waals surface area contributed by atoms with Crippen molar-refractivity contribution in [3.8, 4) is 0 Å². The second-order valence-corrected chi connectivity index (χ2v) is 6.15. The third-order valence-corrected chi connectivity index (χ3v) is 2.61. The molecule has 1 aromatic rings. The number of methoxy groups -OCH3 is 1. The van der Waals surface area contributed by atoms with Crippen molar-refractivity contribution in [1.82, 2.24) is 9.97 Å². The molecular formula is C10H18N4OS. The summed E-state index contributed by atoms with van der Waals surface area (Å²) in [5.41, 5.74) is 2.53.